The predicted molar refractivity (Wildman–Crippen MR) is 74.3 cm³/mol. The second-order valence-electron chi connectivity index (χ2n) is 4.22. The average molecular weight is 260 g/mol. The van der Waals surface area contributed by atoms with E-state index in [4.69, 9.17) is 4.74 Å². The van der Waals surface area contributed by atoms with Crippen molar-refractivity contribution >= 4 is 0 Å². The van der Waals surface area contributed by atoms with Gasteiger partial charge in [0.05, 0.1) is 6.61 Å². The molecule has 0 radical (unpaired) electrons. The molecule has 2 aromatic heterocycles. The van der Waals surface area contributed by atoms with Gasteiger partial charge in [-0.15, -0.1) is 0 Å². The topological polar surface area (TPSA) is 52.0 Å². The molecule has 0 aliphatic carbocycles. The van der Waals surface area contributed by atoms with Gasteiger partial charge in [-0.1, -0.05) is 13.0 Å². The van der Waals surface area contributed by atoms with Crippen LogP contribution < -0.4 is 5.32 Å². The van der Waals surface area contributed by atoms with Gasteiger partial charge in [0.2, 0.25) is 0 Å². The van der Waals surface area contributed by atoms with Crippen LogP contribution in [0.4, 0.5) is 0 Å². The molecule has 0 aliphatic rings. The molecule has 0 unspecified atom stereocenters. The van der Waals surface area contributed by atoms with Crippen molar-refractivity contribution in [1.82, 2.24) is 19.9 Å². The van der Waals surface area contributed by atoms with E-state index in [1.165, 1.54) is 0 Å². The Morgan fingerprint density at radius 3 is 3.00 bits per heavy atom. The standard InChI is InChI=1S/C14H20N4O/c1-3-13-16-7-9-18(13)14-12(5-4-6-17-14)11-15-8-10-19-2/h4-7,9,15H,3,8,10-11H2,1-2H3. The van der Waals surface area contributed by atoms with Gasteiger partial charge in [-0.2, -0.15) is 0 Å². The lowest BCUT2D eigenvalue weighted by Gasteiger charge is -2.11. The Morgan fingerprint density at radius 1 is 1.32 bits per heavy atom. The van der Waals surface area contributed by atoms with Crippen molar-refractivity contribution in [2.75, 3.05) is 20.3 Å². The Morgan fingerprint density at radius 2 is 2.21 bits per heavy atom. The van der Waals surface area contributed by atoms with E-state index >= 15 is 0 Å². The highest BCUT2D eigenvalue weighted by atomic mass is 16.5. The van der Waals surface area contributed by atoms with Crippen LogP contribution in [0.3, 0.4) is 0 Å². The van der Waals surface area contributed by atoms with Gasteiger partial charge in [-0.25, -0.2) is 9.97 Å². The van der Waals surface area contributed by atoms with E-state index in [0.717, 1.165) is 36.7 Å². The molecule has 0 spiro atoms. The van der Waals surface area contributed by atoms with Crippen molar-refractivity contribution in [3.8, 4) is 5.82 Å². The molecule has 5 heteroatoms. The van der Waals surface area contributed by atoms with Crippen LogP contribution in [0.1, 0.15) is 18.3 Å². The first-order valence-corrected chi connectivity index (χ1v) is 6.53. The largest absolute Gasteiger partial charge is 0.383 e. The van der Waals surface area contributed by atoms with Crippen LogP contribution in [-0.2, 0) is 17.7 Å². The molecular weight excluding hydrogens is 240 g/mol. The van der Waals surface area contributed by atoms with Gasteiger partial charge in [0.15, 0.2) is 0 Å². The number of hydrogen-bond donors (Lipinski definition) is 1. The summed E-state index contributed by atoms with van der Waals surface area (Å²) in [4.78, 5) is 8.82. The zero-order valence-corrected chi connectivity index (χ0v) is 11.5. The minimum Gasteiger partial charge on any atom is -0.383 e. The van der Waals surface area contributed by atoms with Crippen LogP contribution in [0.2, 0.25) is 0 Å². The third kappa shape index (κ3) is 3.39. The number of imidazole rings is 1. The van der Waals surface area contributed by atoms with Crippen LogP contribution in [-0.4, -0.2) is 34.8 Å². The summed E-state index contributed by atoms with van der Waals surface area (Å²) in [5.41, 5.74) is 1.16. The van der Waals surface area contributed by atoms with Gasteiger partial charge in [0.25, 0.3) is 0 Å². The summed E-state index contributed by atoms with van der Waals surface area (Å²) in [7, 11) is 1.70. The maximum Gasteiger partial charge on any atom is 0.142 e. The highest BCUT2D eigenvalue weighted by Gasteiger charge is 2.08. The number of rotatable bonds is 7. The summed E-state index contributed by atoms with van der Waals surface area (Å²) in [5.74, 6) is 1.97. The zero-order chi connectivity index (χ0) is 13.5. The molecular formula is C14H20N4O. The van der Waals surface area contributed by atoms with Gasteiger partial charge >= 0.3 is 0 Å². The maximum atomic E-state index is 5.03. The summed E-state index contributed by atoms with van der Waals surface area (Å²) in [6.45, 7) is 4.41. The highest BCUT2D eigenvalue weighted by Crippen LogP contribution is 2.13. The van der Waals surface area contributed by atoms with Gasteiger partial charge in [0, 0.05) is 50.8 Å². The smallest absolute Gasteiger partial charge is 0.142 e. The van der Waals surface area contributed by atoms with Crippen molar-refractivity contribution in [2.24, 2.45) is 0 Å². The van der Waals surface area contributed by atoms with E-state index in [2.05, 4.69) is 28.3 Å². The minimum atomic E-state index is 0.709. The zero-order valence-electron chi connectivity index (χ0n) is 11.5. The van der Waals surface area contributed by atoms with E-state index in [9.17, 15) is 0 Å². The molecule has 0 aromatic carbocycles. The van der Waals surface area contributed by atoms with E-state index in [1.807, 2.05) is 29.2 Å². The second kappa shape index (κ2) is 7.01. The lowest BCUT2D eigenvalue weighted by atomic mass is 10.2. The summed E-state index contributed by atoms with van der Waals surface area (Å²) < 4.78 is 7.07. The fourth-order valence-corrected chi connectivity index (χ4v) is 1.97. The molecule has 0 saturated heterocycles. The molecule has 2 heterocycles. The first-order chi connectivity index (χ1) is 9.36. The number of aryl methyl sites for hydroxylation is 1. The molecule has 0 bridgehead atoms. The van der Waals surface area contributed by atoms with Crippen LogP contribution >= 0.6 is 0 Å². The maximum absolute atomic E-state index is 5.03. The monoisotopic (exact) mass is 260 g/mol. The van der Waals surface area contributed by atoms with Gasteiger partial charge in [-0.3, -0.25) is 4.57 Å². The fourth-order valence-electron chi connectivity index (χ4n) is 1.97. The molecule has 0 amide bonds. The van der Waals surface area contributed by atoms with Crippen molar-refractivity contribution in [1.29, 1.82) is 0 Å². The Bertz CT molecular complexity index is 510. The molecule has 102 valence electrons. The van der Waals surface area contributed by atoms with Crippen LogP contribution in [0.25, 0.3) is 5.82 Å². The molecule has 0 fully saturated rings. The summed E-state index contributed by atoms with van der Waals surface area (Å²) >= 11 is 0. The summed E-state index contributed by atoms with van der Waals surface area (Å²) in [6.07, 6.45) is 6.48. The lowest BCUT2D eigenvalue weighted by molar-refractivity contribution is 0.199. The van der Waals surface area contributed by atoms with Crippen molar-refractivity contribution in [3.63, 3.8) is 0 Å². The number of nitrogens with one attached hydrogen (secondary N) is 1. The van der Waals surface area contributed by atoms with E-state index in [-0.39, 0.29) is 0 Å². The molecule has 1 N–H and O–H groups in total. The van der Waals surface area contributed by atoms with E-state index in [1.54, 1.807) is 7.11 Å². The van der Waals surface area contributed by atoms with Crippen molar-refractivity contribution in [2.45, 2.75) is 19.9 Å². The number of hydrogen-bond acceptors (Lipinski definition) is 4. The molecule has 2 rings (SSSR count). The average Bonchev–Trinajstić information content (AvgIpc) is 2.92. The van der Waals surface area contributed by atoms with Gasteiger partial charge in [-0.05, 0) is 6.07 Å². The van der Waals surface area contributed by atoms with Crippen LogP contribution in [0.5, 0.6) is 0 Å². The third-order valence-corrected chi connectivity index (χ3v) is 2.93. The molecule has 0 saturated carbocycles. The van der Waals surface area contributed by atoms with Gasteiger partial charge in [0.1, 0.15) is 11.6 Å². The summed E-state index contributed by atoms with van der Waals surface area (Å²) in [6, 6.07) is 4.04. The van der Waals surface area contributed by atoms with Crippen molar-refractivity contribution < 1.29 is 4.74 Å². The highest BCUT2D eigenvalue weighted by molar-refractivity contribution is 5.34. The molecule has 5 nitrogen and oxygen atoms in total. The quantitative estimate of drug-likeness (QED) is 0.768. The lowest BCUT2D eigenvalue weighted by Crippen LogP contribution is -2.20. The summed E-state index contributed by atoms with van der Waals surface area (Å²) in [5, 5.41) is 3.34. The Kier molecular flexibility index (Phi) is 5.06. The number of methoxy groups -OCH3 is 1. The number of aromatic nitrogens is 3. The minimum absolute atomic E-state index is 0.709. The SMILES string of the molecule is CCc1nccn1-c1ncccc1CNCCOC. The van der Waals surface area contributed by atoms with Gasteiger partial charge < -0.3 is 10.1 Å². The van der Waals surface area contributed by atoms with Crippen LogP contribution in [0.15, 0.2) is 30.7 Å². The third-order valence-electron chi connectivity index (χ3n) is 2.93. The second-order valence-corrected chi connectivity index (χ2v) is 4.22. The number of nitrogens with zero attached hydrogens (tertiary/aromatic N) is 3. The molecule has 0 atom stereocenters. The molecule has 19 heavy (non-hydrogen) atoms. The number of ether oxygens (including phenoxy) is 1. The number of pyridine rings is 1. The first kappa shape index (κ1) is 13.7. The van der Waals surface area contributed by atoms with E-state index in [0.29, 0.717) is 6.61 Å². The molecule has 2 aromatic rings. The van der Waals surface area contributed by atoms with E-state index < -0.39 is 0 Å². The Balaban J connectivity index is 2.16. The van der Waals surface area contributed by atoms with Crippen LogP contribution in [0, 0.1) is 0 Å². The normalized spacial score (nSPS) is 10.8. The Hall–Kier alpha value is -1.72. The first-order valence-electron chi connectivity index (χ1n) is 6.53. The fraction of sp³-hybridized carbons (Fsp3) is 0.429. The predicted octanol–water partition coefficient (Wildman–Crippen LogP) is 1.57. The Labute approximate surface area is 113 Å². The van der Waals surface area contributed by atoms with Crippen molar-refractivity contribution in [3.05, 3.63) is 42.1 Å². The molecule has 0 aliphatic heterocycles.